The van der Waals surface area contributed by atoms with Gasteiger partial charge in [-0.3, -0.25) is 9.52 Å². The molecule has 2 rings (SSSR count). The third-order valence-corrected chi connectivity index (χ3v) is 5.48. The van der Waals surface area contributed by atoms with E-state index < -0.39 is 10.0 Å². The number of hydrogen-bond donors (Lipinski definition) is 2. The van der Waals surface area contributed by atoms with Gasteiger partial charge in [0.05, 0.1) is 10.6 Å². The number of benzene rings is 2. The standard InChI is InChI=1S/C20H26N2O4S/c1-14-11-15(2)19(16(3)12-14)22-27(24,25)18-8-5-7-17(13-18)20(23)21-9-6-10-26-4/h5,7-8,11-13,22H,6,9-10H2,1-4H3,(H,21,23). The van der Waals surface area contributed by atoms with Gasteiger partial charge in [0, 0.05) is 25.8 Å². The van der Waals surface area contributed by atoms with E-state index in [1.54, 1.807) is 19.2 Å². The van der Waals surface area contributed by atoms with Gasteiger partial charge in [0.15, 0.2) is 0 Å². The number of methoxy groups -OCH3 is 1. The molecule has 2 aromatic carbocycles. The van der Waals surface area contributed by atoms with Crippen molar-refractivity contribution in [1.29, 1.82) is 0 Å². The second-order valence-corrected chi connectivity index (χ2v) is 8.19. The Morgan fingerprint density at radius 2 is 1.74 bits per heavy atom. The molecule has 2 N–H and O–H groups in total. The predicted molar refractivity (Wildman–Crippen MR) is 107 cm³/mol. The van der Waals surface area contributed by atoms with Gasteiger partial charge >= 0.3 is 0 Å². The molecule has 0 aliphatic heterocycles. The lowest BCUT2D eigenvalue weighted by Gasteiger charge is -2.15. The van der Waals surface area contributed by atoms with Crippen molar-refractivity contribution in [1.82, 2.24) is 5.32 Å². The normalized spacial score (nSPS) is 11.3. The first-order valence-corrected chi connectivity index (χ1v) is 10.2. The number of aryl methyl sites for hydroxylation is 3. The fraction of sp³-hybridized carbons (Fsp3) is 0.350. The lowest BCUT2D eigenvalue weighted by molar-refractivity contribution is 0.0948. The number of ether oxygens (including phenoxy) is 1. The Balaban J connectivity index is 2.21. The average Bonchev–Trinajstić information content (AvgIpc) is 2.62. The number of sulfonamides is 1. The van der Waals surface area contributed by atoms with E-state index in [0.717, 1.165) is 16.7 Å². The van der Waals surface area contributed by atoms with E-state index in [4.69, 9.17) is 4.74 Å². The number of amides is 1. The van der Waals surface area contributed by atoms with Crippen LogP contribution in [0.4, 0.5) is 5.69 Å². The molecule has 0 radical (unpaired) electrons. The van der Waals surface area contributed by atoms with E-state index in [-0.39, 0.29) is 10.8 Å². The van der Waals surface area contributed by atoms with E-state index >= 15 is 0 Å². The van der Waals surface area contributed by atoms with Gasteiger partial charge in [0.25, 0.3) is 15.9 Å². The first kappa shape index (κ1) is 20.9. The zero-order chi connectivity index (χ0) is 20.0. The van der Waals surface area contributed by atoms with E-state index in [1.807, 2.05) is 32.9 Å². The van der Waals surface area contributed by atoms with Crippen LogP contribution in [0.15, 0.2) is 41.3 Å². The molecule has 0 fully saturated rings. The Bertz CT molecular complexity index is 900. The summed E-state index contributed by atoms with van der Waals surface area (Å²) < 4.78 is 33.2. The maximum Gasteiger partial charge on any atom is 0.261 e. The fourth-order valence-corrected chi connectivity index (χ4v) is 4.11. The van der Waals surface area contributed by atoms with Crippen molar-refractivity contribution in [2.45, 2.75) is 32.1 Å². The van der Waals surface area contributed by atoms with Crippen molar-refractivity contribution in [2.24, 2.45) is 0 Å². The lowest BCUT2D eigenvalue weighted by atomic mass is 10.1. The second kappa shape index (κ2) is 9.01. The molecule has 0 bridgehead atoms. The largest absolute Gasteiger partial charge is 0.385 e. The Hall–Kier alpha value is -2.38. The fourth-order valence-electron chi connectivity index (χ4n) is 2.86. The van der Waals surface area contributed by atoms with Crippen molar-refractivity contribution in [3.05, 3.63) is 58.7 Å². The highest BCUT2D eigenvalue weighted by Crippen LogP contribution is 2.25. The van der Waals surface area contributed by atoms with Crippen LogP contribution in [0.3, 0.4) is 0 Å². The maximum atomic E-state index is 12.8. The van der Waals surface area contributed by atoms with E-state index in [2.05, 4.69) is 10.0 Å². The molecule has 0 unspecified atom stereocenters. The van der Waals surface area contributed by atoms with E-state index in [1.165, 1.54) is 12.1 Å². The lowest BCUT2D eigenvalue weighted by Crippen LogP contribution is -2.25. The third-order valence-electron chi connectivity index (χ3n) is 4.13. The van der Waals surface area contributed by atoms with Crippen LogP contribution in [0, 0.1) is 20.8 Å². The highest BCUT2D eigenvalue weighted by Gasteiger charge is 2.18. The van der Waals surface area contributed by atoms with Crippen LogP contribution in [0.1, 0.15) is 33.5 Å². The minimum Gasteiger partial charge on any atom is -0.385 e. The highest BCUT2D eigenvalue weighted by molar-refractivity contribution is 7.92. The van der Waals surface area contributed by atoms with Gasteiger partial charge < -0.3 is 10.1 Å². The van der Waals surface area contributed by atoms with Crippen molar-refractivity contribution in [3.8, 4) is 0 Å². The maximum absolute atomic E-state index is 12.8. The van der Waals surface area contributed by atoms with Gasteiger partial charge in [0.2, 0.25) is 0 Å². The van der Waals surface area contributed by atoms with Gasteiger partial charge in [0.1, 0.15) is 0 Å². The van der Waals surface area contributed by atoms with Crippen LogP contribution in [0.25, 0.3) is 0 Å². The van der Waals surface area contributed by atoms with Gasteiger partial charge in [-0.05, 0) is 56.5 Å². The molecule has 0 aromatic heterocycles. The Labute approximate surface area is 161 Å². The molecule has 0 heterocycles. The van der Waals surface area contributed by atoms with Crippen LogP contribution in [-0.2, 0) is 14.8 Å². The van der Waals surface area contributed by atoms with Crippen molar-refractivity contribution in [3.63, 3.8) is 0 Å². The molecule has 2 aromatic rings. The third kappa shape index (κ3) is 5.55. The number of anilines is 1. The summed E-state index contributed by atoms with van der Waals surface area (Å²) in [4.78, 5) is 12.3. The molecule has 146 valence electrons. The highest BCUT2D eigenvalue weighted by atomic mass is 32.2. The molecule has 1 amide bonds. The summed E-state index contributed by atoms with van der Waals surface area (Å²) in [6.45, 7) is 6.70. The molecule has 27 heavy (non-hydrogen) atoms. The van der Waals surface area contributed by atoms with Crippen molar-refractivity contribution < 1.29 is 17.9 Å². The molecular formula is C20H26N2O4S. The summed E-state index contributed by atoms with van der Waals surface area (Å²) in [5.74, 6) is -0.314. The second-order valence-electron chi connectivity index (χ2n) is 6.51. The van der Waals surface area contributed by atoms with Crippen LogP contribution >= 0.6 is 0 Å². The zero-order valence-corrected chi connectivity index (χ0v) is 16.9. The first-order chi connectivity index (χ1) is 12.7. The molecule has 6 nitrogen and oxygen atoms in total. The number of nitrogens with one attached hydrogen (secondary N) is 2. The van der Waals surface area contributed by atoms with E-state index in [0.29, 0.717) is 30.8 Å². The van der Waals surface area contributed by atoms with Crippen LogP contribution in [0.5, 0.6) is 0 Å². The molecule has 0 aliphatic rings. The van der Waals surface area contributed by atoms with Crippen LogP contribution < -0.4 is 10.0 Å². The summed E-state index contributed by atoms with van der Waals surface area (Å²) in [5, 5.41) is 2.75. The van der Waals surface area contributed by atoms with Crippen molar-refractivity contribution >= 4 is 21.6 Å². The average molecular weight is 391 g/mol. The zero-order valence-electron chi connectivity index (χ0n) is 16.1. The minimum absolute atomic E-state index is 0.0476. The Morgan fingerprint density at radius 3 is 2.37 bits per heavy atom. The predicted octanol–water partition coefficient (Wildman–Crippen LogP) is 3.18. The summed E-state index contributed by atoms with van der Waals surface area (Å²) >= 11 is 0. The Kier molecular flexibility index (Phi) is 6.98. The van der Waals surface area contributed by atoms with Gasteiger partial charge in [-0.25, -0.2) is 8.42 Å². The molecule has 0 spiro atoms. The summed E-state index contributed by atoms with van der Waals surface area (Å²) in [6, 6.07) is 9.86. The summed E-state index contributed by atoms with van der Waals surface area (Å²) in [6.07, 6.45) is 0.688. The number of hydrogen-bond acceptors (Lipinski definition) is 4. The van der Waals surface area contributed by atoms with Crippen LogP contribution in [0.2, 0.25) is 0 Å². The van der Waals surface area contributed by atoms with Crippen molar-refractivity contribution in [2.75, 3.05) is 25.0 Å². The molecular weight excluding hydrogens is 364 g/mol. The summed E-state index contributed by atoms with van der Waals surface area (Å²) in [5.41, 5.74) is 3.63. The topological polar surface area (TPSA) is 84.5 Å². The number of rotatable bonds is 8. The smallest absolute Gasteiger partial charge is 0.261 e. The number of carbonyl (C=O) groups is 1. The monoisotopic (exact) mass is 390 g/mol. The van der Waals surface area contributed by atoms with Gasteiger partial charge in [-0.2, -0.15) is 0 Å². The Morgan fingerprint density at radius 1 is 1.07 bits per heavy atom. The molecule has 0 saturated carbocycles. The quantitative estimate of drug-likeness (QED) is 0.678. The van der Waals surface area contributed by atoms with Gasteiger partial charge in [-0.1, -0.05) is 23.8 Å². The molecule has 0 saturated heterocycles. The molecule has 0 aliphatic carbocycles. The van der Waals surface area contributed by atoms with Crippen LogP contribution in [-0.4, -0.2) is 34.6 Å². The first-order valence-electron chi connectivity index (χ1n) is 8.72. The minimum atomic E-state index is -3.81. The SMILES string of the molecule is COCCCNC(=O)c1cccc(S(=O)(=O)Nc2c(C)cc(C)cc2C)c1. The number of carbonyl (C=O) groups excluding carboxylic acids is 1. The summed E-state index contributed by atoms with van der Waals surface area (Å²) in [7, 11) is -2.21. The van der Waals surface area contributed by atoms with Gasteiger partial charge in [-0.15, -0.1) is 0 Å². The van der Waals surface area contributed by atoms with E-state index in [9.17, 15) is 13.2 Å². The molecule has 7 heteroatoms. The molecule has 0 atom stereocenters.